The monoisotopic (exact) mass is 398 g/mol. The summed E-state index contributed by atoms with van der Waals surface area (Å²) < 4.78 is 40.4. The first-order chi connectivity index (χ1) is 13.7. The molecule has 0 radical (unpaired) electrons. The van der Waals surface area contributed by atoms with Gasteiger partial charge in [0.1, 0.15) is 6.33 Å². The minimum atomic E-state index is -4.39. The van der Waals surface area contributed by atoms with Gasteiger partial charge in [0.25, 0.3) is 5.91 Å². The Morgan fingerprint density at radius 1 is 1.07 bits per heavy atom. The Kier molecular flexibility index (Phi) is 4.49. The minimum absolute atomic E-state index is 0.00945. The molecule has 5 nitrogen and oxygen atoms in total. The molecule has 148 valence electrons. The van der Waals surface area contributed by atoms with E-state index in [2.05, 4.69) is 15.5 Å². The lowest BCUT2D eigenvalue weighted by Crippen LogP contribution is -2.29. The van der Waals surface area contributed by atoms with Crippen molar-refractivity contribution in [3.8, 4) is 11.1 Å². The molecule has 0 atom stereocenters. The second-order valence-corrected chi connectivity index (χ2v) is 7.07. The molecule has 0 unspecified atom stereocenters. The van der Waals surface area contributed by atoms with E-state index < -0.39 is 11.7 Å². The fourth-order valence-electron chi connectivity index (χ4n) is 3.26. The molecule has 1 N–H and O–H groups in total. The van der Waals surface area contributed by atoms with E-state index in [1.807, 2.05) is 13.8 Å². The van der Waals surface area contributed by atoms with Crippen LogP contribution in [0.25, 0.3) is 27.5 Å². The quantitative estimate of drug-likeness (QED) is 0.544. The molecule has 0 fully saturated rings. The van der Waals surface area contributed by atoms with Gasteiger partial charge in [-0.1, -0.05) is 18.2 Å². The summed E-state index contributed by atoms with van der Waals surface area (Å²) in [6, 6.07) is 10.2. The van der Waals surface area contributed by atoms with Gasteiger partial charge in [-0.2, -0.15) is 13.2 Å². The number of nitrogens with zero attached hydrogens (tertiary/aromatic N) is 3. The third-order valence-electron chi connectivity index (χ3n) is 4.60. The predicted molar refractivity (Wildman–Crippen MR) is 104 cm³/mol. The Balaban J connectivity index is 1.89. The molecule has 0 aliphatic rings. The Morgan fingerprint density at radius 3 is 2.45 bits per heavy atom. The van der Waals surface area contributed by atoms with Crippen molar-refractivity contribution in [1.82, 2.24) is 19.9 Å². The maximum Gasteiger partial charge on any atom is 0.416 e. The molecular weight excluding hydrogens is 381 g/mol. The molecule has 2 heterocycles. The van der Waals surface area contributed by atoms with Crippen molar-refractivity contribution >= 4 is 22.3 Å². The molecule has 0 aliphatic heterocycles. The number of carbonyl (C=O) groups excluding carboxylic acids is 1. The topological polar surface area (TPSA) is 59.3 Å². The maximum absolute atomic E-state index is 12.9. The summed E-state index contributed by atoms with van der Waals surface area (Å²) in [7, 11) is 0. The second kappa shape index (κ2) is 6.88. The van der Waals surface area contributed by atoms with Crippen molar-refractivity contribution in [2.24, 2.45) is 0 Å². The van der Waals surface area contributed by atoms with Gasteiger partial charge in [0.05, 0.1) is 5.56 Å². The van der Waals surface area contributed by atoms with Crippen molar-refractivity contribution in [1.29, 1.82) is 0 Å². The summed E-state index contributed by atoms with van der Waals surface area (Å²) in [5.41, 5.74) is 1.67. The number of carbonyl (C=O) groups is 1. The number of benzene rings is 2. The van der Waals surface area contributed by atoms with Crippen LogP contribution >= 0.6 is 0 Å². The van der Waals surface area contributed by atoms with Crippen LogP contribution in [0.5, 0.6) is 0 Å². The smallest absolute Gasteiger partial charge is 0.350 e. The van der Waals surface area contributed by atoms with Crippen LogP contribution in [-0.4, -0.2) is 26.5 Å². The minimum Gasteiger partial charge on any atom is -0.350 e. The predicted octanol–water partition coefficient (Wildman–Crippen LogP) is 4.71. The van der Waals surface area contributed by atoms with E-state index >= 15 is 0 Å². The molecule has 0 aliphatic carbocycles. The zero-order valence-electron chi connectivity index (χ0n) is 15.7. The van der Waals surface area contributed by atoms with Gasteiger partial charge in [0.2, 0.25) is 0 Å². The average Bonchev–Trinajstić information content (AvgIpc) is 3.14. The lowest BCUT2D eigenvalue weighted by atomic mass is 9.98. The van der Waals surface area contributed by atoms with Crippen LogP contribution in [0.15, 0.2) is 55.0 Å². The largest absolute Gasteiger partial charge is 0.416 e. The van der Waals surface area contributed by atoms with Crippen molar-refractivity contribution in [2.45, 2.75) is 26.1 Å². The number of fused-ring (bicyclic) bond motifs is 3. The summed E-state index contributed by atoms with van der Waals surface area (Å²) in [4.78, 5) is 12.4. The number of aromatic nitrogens is 3. The number of hydrogen-bond acceptors (Lipinski definition) is 3. The zero-order chi connectivity index (χ0) is 20.8. The van der Waals surface area contributed by atoms with Crippen LogP contribution in [0.2, 0.25) is 0 Å². The molecule has 2 aromatic heterocycles. The molecule has 0 spiro atoms. The van der Waals surface area contributed by atoms with Gasteiger partial charge >= 0.3 is 6.18 Å². The number of pyridine rings is 1. The lowest BCUT2D eigenvalue weighted by molar-refractivity contribution is -0.137. The highest BCUT2D eigenvalue weighted by molar-refractivity contribution is 6.07. The van der Waals surface area contributed by atoms with E-state index in [-0.39, 0.29) is 11.9 Å². The third-order valence-corrected chi connectivity index (χ3v) is 4.60. The fourth-order valence-corrected chi connectivity index (χ4v) is 3.26. The van der Waals surface area contributed by atoms with E-state index in [4.69, 9.17) is 0 Å². The summed E-state index contributed by atoms with van der Waals surface area (Å²) in [5.74, 6) is -0.209. The Labute approximate surface area is 164 Å². The average molecular weight is 398 g/mol. The summed E-state index contributed by atoms with van der Waals surface area (Å²) in [5, 5.41) is 12.3. The number of amides is 1. The molecule has 8 heteroatoms. The summed E-state index contributed by atoms with van der Waals surface area (Å²) in [6.07, 6.45) is -1.10. The van der Waals surface area contributed by atoms with Crippen LogP contribution in [0, 0.1) is 0 Å². The van der Waals surface area contributed by atoms with Crippen molar-refractivity contribution in [3.05, 3.63) is 66.1 Å². The van der Waals surface area contributed by atoms with E-state index in [9.17, 15) is 18.0 Å². The van der Waals surface area contributed by atoms with Crippen LogP contribution in [0.4, 0.5) is 13.2 Å². The normalized spacial score (nSPS) is 12.1. The van der Waals surface area contributed by atoms with Gasteiger partial charge < -0.3 is 5.32 Å². The van der Waals surface area contributed by atoms with Gasteiger partial charge in [-0.05, 0) is 49.1 Å². The highest BCUT2D eigenvalue weighted by Crippen LogP contribution is 2.34. The zero-order valence-corrected chi connectivity index (χ0v) is 15.7. The molecule has 0 saturated carbocycles. The first-order valence-electron chi connectivity index (χ1n) is 8.98. The number of halogens is 3. The Hall–Kier alpha value is -3.42. The van der Waals surface area contributed by atoms with E-state index in [0.29, 0.717) is 22.2 Å². The summed E-state index contributed by atoms with van der Waals surface area (Å²) in [6.45, 7) is 3.75. The highest BCUT2D eigenvalue weighted by atomic mass is 19.4. The Morgan fingerprint density at radius 2 is 1.79 bits per heavy atom. The van der Waals surface area contributed by atoms with Gasteiger partial charge in [-0.3, -0.25) is 9.20 Å². The van der Waals surface area contributed by atoms with Gasteiger partial charge in [-0.15, -0.1) is 10.2 Å². The molecule has 29 heavy (non-hydrogen) atoms. The fraction of sp³-hybridized carbons (Fsp3) is 0.190. The number of nitrogens with one attached hydrogen (secondary N) is 1. The number of alkyl halides is 3. The van der Waals surface area contributed by atoms with Crippen LogP contribution in [0.1, 0.15) is 29.8 Å². The Bertz CT molecular complexity index is 1210. The van der Waals surface area contributed by atoms with Crippen molar-refractivity contribution in [3.63, 3.8) is 0 Å². The van der Waals surface area contributed by atoms with Crippen molar-refractivity contribution < 1.29 is 18.0 Å². The molecule has 1 amide bonds. The highest BCUT2D eigenvalue weighted by Gasteiger charge is 2.30. The van der Waals surface area contributed by atoms with Crippen LogP contribution in [0.3, 0.4) is 0 Å². The van der Waals surface area contributed by atoms with Crippen molar-refractivity contribution in [2.75, 3.05) is 0 Å². The molecule has 0 saturated heterocycles. The molecular formula is C21H17F3N4O. The molecule has 2 aromatic carbocycles. The van der Waals surface area contributed by atoms with Crippen LogP contribution < -0.4 is 5.32 Å². The molecule has 0 bridgehead atoms. The van der Waals surface area contributed by atoms with E-state index in [1.54, 1.807) is 28.8 Å². The standard InChI is InChI=1S/C21H17F3N4O/c1-12(2)26-20(29)14-5-8-16-17(9-14)19-27-25-11-28(19)10-18(16)13-3-6-15(7-4-13)21(22,23)24/h3-12H,1-2H3,(H,26,29). The number of hydrogen-bond donors (Lipinski definition) is 1. The first kappa shape index (κ1) is 18.9. The van der Waals surface area contributed by atoms with Gasteiger partial charge in [0.15, 0.2) is 5.65 Å². The molecule has 4 rings (SSSR count). The SMILES string of the molecule is CC(C)NC(=O)c1ccc2c(-c3ccc(C(F)(F)F)cc3)cn3cnnc3c2c1. The second-order valence-electron chi connectivity index (χ2n) is 7.07. The van der Waals surface area contributed by atoms with Gasteiger partial charge in [-0.25, -0.2) is 0 Å². The van der Waals surface area contributed by atoms with Gasteiger partial charge in [0, 0.05) is 28.8 Å². The van der Waals surface area contributed by atoms with E-state index in [0.717, 1.165) is 23.1 Å². The maximum atomic E-state index is 12.9. The summed E-state index contributed by atoms with van der Waals surface area (Å²) >= 11 is 0. The molecule has 4 aromatic rings. The lowest BCUT2D eigenvalue weighted by Gasteiger charge is -2.13. The first-order valence-corrected chi connectivity index (χ1v) is 8.98. The number of rotatable bonds is 3. The van der Waals surface area contributed by atoms with E-state index in [1.165, 1.54) is 18.5 Å². The van der Waals surface area contributed by atoms with Crippen LogP contribution in [-0.2, 0) is 6.18 Å². The third kappa shape index (κ3) is 3.53.